The quantitative estimate of drug-likeness (QED) is 0.573. The third-order valence-electron chi connectivity index (χ3n) is 2.90. The first-order chi connectivity index (χ1) is 10.2. The molecule has 2 rings (SSSR count). The lowest BCUT2D eigenvalue weighted by molar-refractivity contribution is 0.0729. The maximum atomic E-state index is 12.3. The van der Waals surface area contributed by atoms with Crippen molar-refractivity contribution in [1.29, 1.82) is 0 Å². The minimum atomic E-state index is -3.54. The first kappa shape index (κ1) is 17.0. The lowest BCUT2D eigenvalue weighted by Crippen LogP contribution is -2.14. The second kappa shape index (κ2) is 6.40. The Labute approximate surface area is 142 Å². The van der Waals surface area contributed by atoms with Crippen molar-refractivity contribution < 1.29 is 17.9 Å². The maximum Gasteiger partial charge on any atom is 0.344 e. The highest BCUT2D eigenvalue weighted by Gasteiger charge is 2.21. The van der Waals surface area contributed by atoms with E-state index in [1.165, 1.54) is 12.1 Å². The van der Waals surface area contributed by atoms with Crippen molar-refractivity contribution in [1.82, 2.24) is 0 Å². The highest BCUT2D eigenvalue weighted by Crippen LogP contribution is 2.33. The minimum absolute atomic E-state index is 0.0246. The summed E-state index contributed by atoms with van der Waals surface area (Å²) in [7, 11) is -3.54. The van der Waals surface area contributed by atoms with E-state index in [1.807, 2.05) is 0 Å². The molecule has 7 heteroatoms. The Morgan fingerprint density at radius 1 is 1.23 bits per heavy atom. The Balaban J connectivity index is 2.44. The summed E-state index contributed by atoms with van der Waals surface area (Å²) in [5.41, 5.74) is 0.632. The van der Waals surface area contributed by atoms with E-state index < -0.39 is 15.8 Å². The number of hydrogen-bond acceptors (Lipinski definition) is 4. The van der Waals surface area contributed by atoms with E-state index in [9.17, 15) is 13.2 Å². The molecular weight excluding hydrogens is 392 g/mol. The SMILES string of the molecule is Cc1cc(Br)cc(Cl)c1OC(=O)c1ccccc1S(C)(=O)=O. The molecule has 0 spiro atoms. The topological polar surface area (TPSA) is 60.4 Å². The molecule has 0 aromatic heterocycles. The van der Waals surface area contributed by atoms with Gasteiger partial charge < -0.3 is 4.74 Å². The van der Waals surface area contributed by atoms with Gasteiger partial charge >= 0.3 is 5.97 Å². The molecule has 4 nitrogen and oxygen atoms in total. The van der Waals surface area contributed by atoms with Gasteiger partial charge in [0.2, 0.25) is 0 Å². The van der Waals surface area contributed by atoms with Crippen LogP contribution in [0.1, 0.15) is 15.9 Å². The highest BCUT2D eigenvalue weighted by atomic mass is 79.9. The molecular formula is C15H12BrClO4S. The number of halogens is 2. The predicted octanol–water partition coefficient (Wildman–Crippen LogP) is 4.03. The zero-order chi connectivity index (χ0) is 16.5. The van der Waals surface area contributed by atoms with E-state index in [-0.39, 0.29) is 21.2 Å². The number of ether oxygens (including phenoxy) is 1. The van der Waals surface area contributed by atoms with Crippen LogP contribution in [0, 0.1) is 6.92 Å². The minimum Gasteiger partial charge on any atom is -0.421 e. The molecule has 0 fully saturated rings. The molecule has 2 aromatic rings. The van der Waals surface area contributed by atoms with Crippen LogP contribution in [-0.2, 0) is 9.84 Å². The number of aryl methyl sites for hydroxylation is 1. The molecule has 0 saturated carbocycles. The molecule has 2 aromatic carbocycles. The second-order valence-corrected chi connectivity index (χ2v) is 8.00. The zero-order valence-electron chi connectivity index (χ0n) is 11.8. The van der Waals surface area contributed by atoms with Gasteiger partial charge in [-0.2, -0.15) is 0 Å². The van der Waals surface area contributed by atoms with Gasteiger partial charge in [-0.05, 0) is 36.8 Å². The molecule has 0 amide bonds. The first-order valence-electron chi connectivity index (χ1n) is 6.17. The van der Waals surface area contributed by atoms with E-state index in [0.29, 0.717) is 5.56 Å². The summed E-state index contributed by atoms with van der Waals surface area (Å²) < 4.78 is 29.6. The summed E-state index contributed by atoms with van der Waals surface area (Å²) in [6, 6.07) is 9.23. The average Bonchev–Trinajstić information content (AvgIpc) is 2.41. The van der Waals surface area contributed by atoms with Gasteiger partial charge in [-0.1, -0.05) is 39.7 Å². The fourth-order valence-corrected chi connectivity index (χ4v) is 3.81. The summed E-state index contributed by atoms with van der Waals surface area (Å²) in [4.78, 5) is 12.2. The van der Waals surface area contributed by atoms with Crippen molar-refractivity contribution >= 4 is 43.3 Å². The Morgan fingerprint density at radius 3 is 2.45 bits per heavy atom. The molecule has 0 saturated heterocycles. The van der Waals surface area contributed by atoms with Gasteiger partial charge in [0.05, 0.1) is 15.5 Å². The molecule has 0 radical (unpaired) electrons. The van der Waals surface area contributed by atoms with Gasteiger partial charge in [-0.3, -0.25) is 0 Å². The van der Waals surface area contributed by atoms with Crippen molar-refractivity contribution in [2.45, 2.75) is 11.8 Å². The number of esters is 1. The first-order valence-corrected chi connectivity index (χ1v) is 9.23. The molecule has 0 unspecified atom stereocenters. The third-order valence-corrected chi connectivity index (χ3v) is 4.79. The normalized spacial score (nSPS) is 11.3. The lowest BCUT2D eigenvalue weighted by Gasteiger charge is -2.11. The lowest BCUT2D eigenvalue weighted by atomic mass is 10.2. The van der Waals surface area contributed by atoms with Crippen molar-refractivity contribution in [2.75, 3.05) is 6.26 Å². The van der Waals surface area contributed by atoms with Crippen LogP contribution in [0.5, 0.6) is 5.75 Å². The van der Waals surface area contributed by atoms with Gasteiger partial charge in [-0.15, -0.1) is 0 Å². The molecule has 0 aliphatic carbocycles. The van der Waals surface area contributed by atoms with Crippen LogP contribution in [0.3, 0.4) is 0 Å². The van der Waals surface area contributed by atoms with Gasteiger partial charge in [0, 0.05) is 10.7 Å². The van der Waals surface area contributed by atoms with Crippen molar-refractivity contribution in [3.8, 4) is 5.75 Å². The Kier molecular flexibility index (Phi) is 4.94. The Bertz CT molecular complexity index is 823. The zero-order valence-corrected chi connectivity index (χ0v) is 14.9. The van der Waals surface area contributed by atoms with Crippen LogP contribution in [0.25, 0.3) is 0 Å². The van der Waals surface area contributed by atoms with E-state index in [0.717, 1.165) is 10.7 Å². The van der Waals surface area contributed by atoms with Crippen LogP contribution < -0.4 is 4.74 Å². The molecule has 0 heterocycles. The highest BCUT2D eigenvalue weighted by molar-refractivity contribution is 9.10. The van der Waals surface area contributed by atoms with E-state index >= 15 is 0 Å². The summed E-state index contributed by atoms with van der Waals surface area (Å²) in [5, 5.41) is 0.261. The van der Waals surface area contributed by atoms with Crippen molar-refractivity contribution in [3.63, 3.8) is 0 Å². The summed E-state index contributed by atoms with van der Waals surface area (Å²) in [5.74, 6) is -0.563. The third kappa shape index (κ3) is 3.69. The Hall–Kier alpha value is -1.37. The van der Waals surface area contributed by atoms with Crippen LogP contribution in [0.2, 0.25) is 5.02 Å². The van der Waals surface area contributed by atoms with Crippen molar-refractivity contribution in [3.05, 3.63) is 57.0 Å². The molecule has 0 aliphatic rings. The fourth-order valence-electron chi connectivity index (χ4n) is 1.92. The predicted molar refractivity (Wildman–Crippen MR) is 88.4 cm³/mol. The van der Waals surface area contributed by atoms with Crippen LogP contribution in [0.4, 0.5) is 0 Å². The molecule has 0 atom stereocenters. The van der Waals surface area contributed by atoms with E-state index in [4.69, 9.17) is 16.3 Å². The number of rotatable bonds is 3. The van der Waals surface area contributed by atoms with E-state index in [2.05, 4.69) is 15.9 Å². The van der Waals surface area contributed by atoms with Gasteiger partial charge in [0.1, 0.15) is 0 Å². The summed E-state index contributed by atoms with van der Waals surface area (Å²) >= 11 is 9.36. The smallest absolute Gasteiger partial charge is 0.344 e. The molecule has 116 valence electrons. The van der Waals surface area contributed by atoms with Gasteiger partial charge in [0.25, 0.3) is 0 Å². The standard InChI is InChI=1S/C15H12BrClO4S/c1-9-7-10(16)8-12(17)14(9)21-15(18)11-5-3-4-6-13(11)22(2,19)20/h3-8H,1-2H3. The monoisotopic (exact) mass is 402 g/mol. The number of carbonyl (C=O) groups excluding carboxylic acids is 1. The largest absolute Gasteiger partial charge is 0.421 e. The second-order valence-electron chi connectivity index (χ2n) is 4.69. The van der Waals surface area contributed by atoms with Crippen LogP contribution in [-0.4, -0.2) is 20.6 Å². The van der Waals surface area contributed by atoms with Gasteiger partial charge in [0.15, 0.2) is 15.6 Å². The number of hydrogen-bond donors (Lipinski definition) is 0. The van der Waals surface area contributed by atoms with Crippen molar-refractivity contribution in [2.24, 2.45) is 0 Å². The number of carbonyl (C=O) groups is 1. The van der Waals surface area contributed by atoms with Gasteiger partial charge in [-0.25, -0.2) is 13.2 Å². The maximum absolute atomic E-state index is 12.3. The fraction of sp³-hybridized carbons (Fsp3) is 0.133. The van der Waals surface area contributed by atoms with Crippen LogP contribution >= 0.6 is 27.5 Å². The number of sulfone groups is 1. The molecule has 0 N–H and O–H groups in total. The Morgan fingerprint density at radius 2 is 1.86 bits per heavy atom. The summed E-state index contributed by atoms with van der Waals surface area (Å²) in [6.45, 7) is 1.74. The van der Waals surface area contributed by atoms with Crippen LogP contribution in [0.15, 0.2) is 45.8 Å². The number of benzene rings is 2. The molecule has 0 bridgehead atoms. The molecule has 22 heavy (non-hydrogen) atoms. The summed E-state index contributed by atoms with van der Waals surface area (Å²) in [6.07, 6.45) is 1.04. The van der Waals surface area contributed by atoms with E-state index in [1.54, 1.807) is 31.2 Å². The average molecular weight is 404 g/mol. The molecule has 0 aliphatic heterocycles.